The van der Waals surface area contributed by atoms with Crippen molar-refractivity contribution >= 4 is 17.3 Å². The molecule has 0 radical (unpaired) electrons. The van der Waals surface area contributed by atoms with E-state index in [1.165, 1.54) is 24.9 Å². The molecule has 0 spiro atoms. The molecular formula is C18H29ClN2O. The maximum atomic E-state index is 10.1. The number of nitrogens with zero attached hydrogens (tertiary/aromatic N) is 2. The summed E-state index contributed by atoms with van der Waals surface area (Å²) in [5.74, 6) is 0. The van der Waals surface area contributed by atoms with Crippen molar-refractivity contribution in [1.82, 2.24) is 4.90 Å². The normalized spacial score (nSPS) is 17.7. The van der Waals surface area contributed by atoms with Gasteiger partial charge in [-0.05, 0) is 30.7 Å². The molecule has 1 aromatic rings. The second-order valence-corrected chi connectivity index (χ2v) is 6.70. The molecule has 2 rings (SSSR count). The van der Waals surface area contributed by atoms with E-state index < -0.39 is 0 Å². The summed E-state index contributed by atoms with van der Waals surface area (Å²) in [6, 6.07) is 8.06. The summed E-state index contributed by atoms with van der Waals surface area (Å²) in [6.45, 7) is 7.12. The summed E-state index contributed by atoms with van der Waals surface area (Å²) in [5.41, 5.74) is 1.24. The van der Waals surface area contributed by atoms with Crippen LogP contribution in [-0.2, 0) is 0 Å². The van der Waals surface area contributed by atoms with Gasteiger partial charge in [0.2, 0.25) is 0 Å². The van der Waals surface area contributed by atoms with Gasteiger partial charge >= 0.3 is 0 Å². The Morgan fingerprint density at radius 3 is 2.36 bits per heavy atom. The smallest absolute Gasteiger partial charge is 0.0667 e. The van der Waals surface area contributed by atoms with Crippen LogP contribution < -0.4 is 4.90 Å². The fraction of sp³-hybridized carbons (Fsp3) is 0.667. The number of β-amino-alcohol motifs (C(OH)–C–C–N with tert-alkyl or cyclic N) is 1. The first kappa shape index (κ1) is 17.6. The van der Waals surface area contributed by atoms with Crippen LogP contribution in [0, 0.1) is 0 Å². The van der Waals surface area contributed by atoms with Gasteiger partial charge in [-0.15, -0.1) is 0 Å². The highest BCUT2D eigenvalue weighted by atomic mass is 35.5. The third kappa shape index (κ3) is 5.79. The first-order chi connectivity index (χ1) is 10.7. The summed E-state index contributed by atoms with van der Waals surface area (Å²) >= 11 is 5.94. The molecule has 1 N–H and O–H groups in total. The molecule has 0 bridgehead atoms. The SMILES string of the molecule is CCCCCCC(O)CN1CCN(c2ccc(Cl)cc2)CC1. The minimum absolute atomic E-state index is 0.168. The van der Waals surface area contributed by atoms with Gasteiger partial charge in [0.1, 0.15) is 0 Å². The number of benzene rings is 1. The predicted octanol–water partition coefficient (Wildman–Crippen LogP) is 3.79. The number of piperazine rings is 1. The summed E-state index contributed by atoms with van der Waals surface area (Å²) < 4.78 is 0. The van der Waals surface area contributed by atoms with Crippen LogP contribution >= 0.6 is 11.6 Å². The molecule has 1 unspecified atom stereocenters. The van der Waals surface area contributed by atoms with Gasteiger partial charge in [-0.3, -0.25) is 4.90 Å². The summed E-state index contributed by atoms with van der Waals surface area (Å²) in [6.07, 6.45) is 5.71. The van der Waals surface area contributed by atoms with Crippen LogP contribution in [0.1, 0.15) is 39.0 Å². The van der Waals surface area contributed by atoms with E-state index in [4.69, 9.17) is 11.6 Å². The Kier molecular flexibility index (Phi) is 7.50. The highest BCUT2D eigenvalue weighted by Gasteiger charge is 2.19. The van der Waals surface area contributed by atoms with Gasteiger partial charge in [0, 0.05) is 43.4 Å². The number of hydrogen-bond donors (Lipinski definition) is 1. The molecule has 0 aromatic heterocycles. The molecule has 0 amide bonds. The zero-order valence-electron chi connectivity index (χ0n) is 13.7. The summed E-state index contributed by atoms with van der Waals surface area (Å²) in [7, 11) is 0. The topological polar surface area (TPSA) is 26.7 Å². The van der Waals surface area contributed by atoms with Crippen molar-refractivity contribution in [2.24, 2.45) is 0 Å². The average molecular weight is 325 g/mol. The first-order valence-corrected chi connectivity index (χ1v) is 8.97. The summed E-state index contributed by atoms with van der Waals surface area (Å²) in [5, 5.41) is 10.9. The van der Waals surface area contributed by atoms with Crippen LogP contribution in [-0.4, -0.2) is 48.8 Å². The largest absolute Gasteiger partial charge is 0.392 e. The summed E-state index contributed by atoms with van der Waals surface area (Å²) in [4.78, 5) is 4.78. The van der Waals surface area contributed by atoms with Crippen LogP contribution in [0.3, 0.4) is 0 Å². The molecule has 1 heterocycles. The molecule has 4 heteroatoms. The molecular weight excluding hydrogens is 296 g/mol. The Bertz CT molecular complexity index is 416. The number of halogens is 1. The van der Waals surface area contributed by atoms with Gasteiger partial charge in [-0.25, -0.2) is 0 Å². The van der Waals surface area contributed by atoms with Crippen molar-refractivity contribution in [2.45, 2.75) is 45.1 Å². The van der Waals surface area contributed by atoms with Gasteiger partial charge in [0.15, 0.2) is 0 Å². The maximum absolute atomic E-state index is 10.1. The Hall–Kier alpha value is -0.770. The monoisotopic (exact) mass is 324 g/mol. The molecule has 1 aromatic carbocycles. The fourth-order valence-electron chi connectivity index (χ4n) is 3.04. The molecule has 1 atom stereocenters. The Balaban J connectivity index is 1.67. The van der Waals surface area contributed by atoms with Crippen molar-refractivity contribution in [3.63, 3.8) is 0 Å². The highest BCUT2D eigenvalue weighted by Crippen LogP contribution is 2.19. The molecule has 22 heavy (non-hydrogen) atoms. The van der Waals surface area contributed by atoms with Gasteiger partial charge in [0.25, 0.3) is 0 Å². The Labute approximate surface area is 139 Å². The van der Waals surface area contributed by atoms with E-state index in [-0.39, 0.29) is 6.10 Å². The third-order valence-corrected chi connectivity index (χ3v) is 4.68. The van der Waals surface area contributed by atoms with E-state index in [1.807, 2.05) is 12.1 Å². The lowest BCUT2D eigenvalue weighted by Crippen LogP contribution is -2.48. The minimum Gasteiger partial charge on any atom is -0.392 e. The molecule has 124 valence electrons. The first-order valence-electron chi connectivity index (χ1n) is 8.60. The third-order valence-electron chi connectivity index (χ3n) is 4.42. The van der Waals surface area contributed by atoms with Gasteiger partial charge in [-0.2, -0.15) is 0 Å². The number of rotatable bonds is 8. The van der Waals surface area contributed by atoms with E-state index in [2.05, 4.69) is 28.9 Å². The highest BCUT2D eigenvalue weighted by molar-refractivity contribution is 6.30. The lowest BCUT2D eigenvalue weighted by molar-refractivity contribution is 0.0997. The van der Waals surface area contributed by atoms with E-state index in [0.717, 1.165) is 50.6 Å². The van der Waals surface area contributed by atoms with Crippen molar-refractivity contribution in [3.8, 4) is 0 Å². The van der Waals surface area contributed by atoms with Gasteiger partial charge in [0.05, 0.1) is 6.10 Å². The Morgan fingerprint density at radius 1 is 1.05 bits per heavy atom. The minimum atomic E-state index is -0.168. The van der Waals surface area contributed by atoms with E-state index >= 15 is 0 Å². The standard InChI is InChI=1S/C18H29ClN2O/c1-2-3-4-5-6-18(22)15-20-11-13-21(14-12-20)17-9-7-16(19)8-10-17/h7-10,18,22H,2-6,11-15H2,1H3. The molecule has 1 saturated heterocycles. The molecule has 1 aliphatic rings. The van der Waals surface area contributed by atoms with E-state index in [0.29, 0.717) is 0 Å². The second-order valence-electron chi connectivity index (χ2n) is 6.27. The molecule has 0 saturated carbocycles. The van der Waals surface area contributed by atoms with Gasteiger partial charge < -0.3 is 10.0 Å². The fourth-order valence-corrected chi connectivity index (χ4v) is 3.16. The predicted molar refractivity (Wildman–Crippen MR) is 94.9 cm³/mol. The Morgan fingerprint density at radius 2 is 1.73 bits per heavy atom. The number of hydrogen-bond acceptors (Lipinski definition) is 3. The van der Waals surface area contributed by atoms with Crippen LogP contribution in [0.5, 0.6) is 0 Å². The molecule has 1 fully saturated rings. The number of aliphatic hydroxyl groups excluding tert-OH is 1. The van der Waals surface area contributed by atoms with Crippen molar-refractivity contribution in [3.05, 3.63) is 29.3 Å². The average Bonchev–Trinajstić information content (AvgIpc) is 2.53. The molecule has 3 nitrogen and oxygen atoms in total. The van der Waals surface area contributed by atoms with Crippen molar-refractivity contribution in [1.29, 1.82) is 0 Å². The van der Waals surface area contributed by atoms with Gasteiger partial charge in [-0.1, -0.05) is 44.2 Å². The van der Waals surface area contributed by atoms with Crippen LogP contribution in [0.15, 0.2) is 24.3 Å². The molecule has 1 aliphatic heterocycles. The molecule has 0 aliphatic carbocycles. The maximum Gasteiger partial charge on any atom is 0.0667 e. The zero-order chi connectivity index (χ0) is 15.8. The van der Waals surface area contributed by atoms with Crippen molar-refractivity contribution < 1.29 is 5.11 Å². The van der Waals surface area contributed by atoms with E-state index in [1.54, 1.807) is 0 Å². The number of unbranched alkanes of at least 4 members (excludes halogenated alkanes) is 3. The lowest BCUT2D eigenvalue weighted by Gasteiger charge is -2.37. The van der Waals surface area contributed by atoms with Crippen LogP contribution in [0.2, 0.25) is 5.02 Å². The van der Waals surface area contributed by atoms with Crippen molar-refractivity contribution in [2.75, 3.05) is 37.6 Å². The second kappa shape index (κ2) is 9.39. The van der Waals surface area contributed by atoms with E-state index in [9.17, 15) is 5.11 Å². The van der Waals surface area contributed by atoms with Crippen LogP contribution in [0.4, 0.5) is 5.69 Å². The zero-order valence-corrected chi connectivity index (χ0v) is 14.4. The quantitative estimate of drug-likeness (QED) is 0.737. The number of anilines is 1. The number of aliphatic hydroxyl groups is 1. The van der Waals surface area contributed by atoms with Crippen LogP contribution in [0.25, 0.3) is 0 Å². The lowest BCUT2D eigenvalue weighted by atomic mass is 10.1.